The average molecular weight is 296 g/mol. The van der Waals surface area contributed by atoms with Gasteiger partial charge in [0.05, 0.1) is 4.92 Å². The monoisotopic (exact) mass is 296 g/mol. The largest absolute Gasteiger partial charge is 0.317 e. The number of carbonyl (C=O) groups excluding carboxylic acids is 1. The molecule has 0 spiro atoms. The highest BCUT2D eigenvalue weighted by Gasteiger charge is 2.18. The molecular formula is C13H7F3N2O3. The number of nitrogens with zero attached hydrogens (tertiary/aromatic N) is 1. The van der Waals surface area contributed by atoms with Crippen LogP contribution in [0.5, 0.6) is 0 Å². The van der Waals surface area contributed by atoms with Crippen molar-refractivity contribution in [2.45, 2.75) is 0 Å². The van der Waals surface area contributed by atoms with Gasteiger partial charge in [0.1, 0.15) is 17.3 Å². The number of para-hydroxylation sites is 1. The van der Waals surface area contributed by atoms with Crippen LogP contribution in [0.4, 0.5) is 24.5 Å². The normalized spacial score (nSPS) is 10.2. The number of anilines is 1. The third kappa shape index (κ3) is 2.99. The summed E-state index contributed by atoms with van der Waals surface area (Å²) in [7, 11) is 0. The van der Waals surface area contributed by atoms with Gasteiger partial charge in [-0.05, 0) is 24.3 Å². The first-order valence-corrected chi connectivity index (χ1v) is 5.59. The number of halogens is 3. The lowest BCUT2D eigenvalue weighted by molar-refractivity contribution is -0.387. The minimum absolute atomic E-state index is 0.305. The van der Waals surface area contributed by atoms with E-state index in [4.69, 9.17) is 0 Å². The predicted molar refractivity (Wildman–Crippen MR) is 67.4 cm³/mol. The molecule has 0 aliphatic carbocycles. The number of nitro benzene ring substituents is 1. The molecule has 0 fully saturated rings. The summed E-state index contributed by atoms with van der Waals surface area (Å²) in [5.74, 6) is -4.20. The molecule has 0 aliphatic rings. The molecule has 21 heavy (non-hydrogen) atoms. The Morgan fingerprint density at radius 1 is 1.05 bits per heavy atom. The molecule has 108 valence electrons. The summed E-state index contributed by atoms with van der Waals surface area (Å²) in [6.07, 6.45) is 0. The molecule has 0 atom stereocenters. The van der Waals surface area contributed by atoms with Crippen LogP contribution in [0.15, 0.2) is 36.4 Å². The van der Waals surface area contributed by atoms with Gasteiger partial charge in [-0.25, -0.2) is 8.78 Å². The van der Waals surface area contributed by atoms with Gasteiger partial charge in [-0.15, -0.1) is 0 Å². The summed E-state index contributed by atoms with van der Waals surface area (Å²) in [4.78, 5) is 21.3. The maximum absolute atomic E-state index is 13.4. The fourth-order valence-corrected chi connectivity index (χ4v) is 1.60. The second-order valence-electron chi connectivity index (χ2n) is 3.97. The van der Waals surface area contributed by atoms with E-state index >= 15 is 0 Å². The standard InChI is InChI=1S/C13H7F3N2O3/c14-8-2-1-3-9(15)12(8)17-13(19)7-4-5-11(18(20)21)10(16)6-7/h1-6H,(H,17,19). The number of nitrogens with one attached hydrogen (secondary N) is 1. The first kappa shape index (κ1) is 14.5. The maximum atomic E-state index is 13.4. The molecule has 0 aromatic heterocycles. The average Bonchev–Trinajstić information content (AvgIpc) is 2.42. The number of nitro groups is 1. The van der Waals surface area contributed by atoms with Gasteiger partial charge >= 0.3 is 5.69 Å². The first-order valence-electron chi connectivity index (χ1n) is 5.59. The SMILES string of the molecule is O=C(Nc1c(F)cccc1F)c1ccc([N+](=O)[O-])c(F)c1. The lowest BCUT2D eigenvalue weighted by atomic mass is 10.1. The molecule has 2 aromatic rings. The summed E-state index contributed by atoms with van der Waals surface area (Å²) in [6, 6.07) is 5.39. The van der Waals surface area contributed by atoms with Gasteiger partial charge in [-0.1, -0.05) is 6.07 Å². The van der Waals surface area contributed by atoms with Gasteiger partial charge < -0.3 is 5.32 Å². The van der Waals surface area contributed by atoms with Crippen LogP contribution < -0.4 is 5.32 Å². The van der Waals surface area contributed by atoms with Crippen molar-refractivity contribution in [3.63, 3.8) is 0 Å². The van der Waals surface area contributed by atoms with Crippen molar-refractivity contribution in [3.05, 3.63) is 69.5 Å². The van der Waals surface area contributed by atoms with Crippen molar-refractivity contribution in [2.24, 2.45) is 0 Å². The Labute approximate surface area is 116 Å². The van der Waals surface area contributed by atoms with Crippen molar-refractivity contribution in [1.82, 2.24) is 0 Å². The van der Waals surface area contributed by atoms with Gasteiger partial charge in [0.15, 0.2) is 0 Å². The molecule has 0 saturated heterocycles. The first-order chi connectivity index (χ1) is 9.90. The molecular weight excluding hydrogens is 289 g/mol. The Morgan fingerprint density at radius 3 is 2.19 bits per heavy atom. The van der Waals surface area contributed by atoms with Crippen molar-refractivity contribution >= 4 is 17.3 Å². The van der Waals surface area contributed by atoms with E-state index in [0.29, 0.717) is 6.07 Å². The van der Waals surface area contributed by atoms with Crippen LogP contribution in [0.3, 0.4) is 0 Å². The van der Waals surface area contributed by atoms with Crippen LogP contribution >= 0.6 is 0 Å². The van der Waals surface area contributed by atoms with Gasteiger partial charge in [-0.3, -0.25) is 14.9 Å². The molecule has 0 saturated carbocycles. The van der Waals surface area contributed by atoms with E-state index in [1.807, 2.05) is 5.32 Å². The van der Waals surface area contributed by atoms with Crippen LogP contribution in [0.1, 0.15) is 10.4 Å². The van der Waals surface area contributed by atoms with E-state index in [9.17, 15) is 28.1 Å². The van der Waals surface area contributed by atoms with Gasteiger partial charge in [0.2, 0.25) is 5.82 Å². The zero-order valence-corrected chi connectivity index (χ0v) is 10.3. The molecule has 5 nitrogen and oxygen atoms in total. The maximum Gasteiger partial charge on any atom is 0.304 e. The van der Waals surface area contributed by atoms with Crippen molar-refractivity contribution < 1.29 is 22.9 Å². The number of hydrogen-bond donors (Lipinski definition) is 1. The van der Waals surface area contributed by atoms with Gasteiger partial charge in [0, 0.05) is 11.6 Å². The second-order valence-corrected chi connectivity index (χ2v) is 3.97. The molecule has 1 amide bonds. The molecule has 0 radical (unpaired) electrons. The lowest BCUT2D eigenvalue weighted by Gasteiger charge is -2.07. The summed E-state index contributed by atoms with van der Waals surface area (Å²) in [5, 5.41) is 12.4. The highest BCUT2D eigenvalue weighted by atomic mass is 19.1. The van der Waals surface area contributed by atoms with Crippen LogP contribution in [0.2, 0.25) is 0 Å². The van der Waals surface area contributed by atoms with E-state index in [0.717, 1.165) is 30.3 Å². The van der Waals surface area contributed by atoms with E-state index in [2.05, 4.69) is 0 Å². The Morgan fingerprint density at radius 2 is 1.67 bits per heavy atom. The Bertz CT molecular complexity index is 714. The topological polar surface area (TPSA) is 72.2 Å². The number of amides is 1. The van der Waals surface area contributed by atoms with Gasteiger partial charge in [-0.2, -0.15) is 4.39 Å². The summed E-state index contributed by atoms with van der Waals surface area (Å²) in [5.41, 5.74) is -1.79. The predicted octanol–water partition coefficient (Wildman–Crippen LogP) is 3.26. The van der Waals surface area contributed by atoms with E-state index in [1.54, 1.807) is 0 Å². The molecule has 2 rings (SSSR count). The van der Waals surface area contributed by atoms with Crippen molar-refractivity contribution in [3.8, 4) is 0 Å². The molecule has 0 aliphatic heterocycles. The van der Waals surface area contributed by atoms with Crippen molar-refractivity contribution in [2.75, 3.05) is 5.32 Å². The van der Waals surface area contributed by atoms with E-state index in [1.165, 1.54) is 0 Å². The van der Waals surface area contributed by atoms with Crippen LogP contribution in [0, 0.1) is 27.6 Å². The number of carbonyl (C=O) groups is 1. The fourth-order valence-electron chi connectivity index (χ4n) is 1.60. The number of rotatable bonds is 3. The van der Waals surface area contributed by atoms with Crippen LogP contribution in [-0.2, 0) is 0 Å². The summed E-state index contributed by atoms with van der Waals surface area (Å²) < 4.78 is 40.1. The molecule has 1 N–H and O–H groups in total. The second kappa shape index (κ2) is 5.61. The molecule has 0 bridgehead atoms. The zero-order chi connectivity index (χ0) is 15.6. The number of benzene rings is 2. The third-order valence-corrected chi connectivity index (χ3v) is 2.61. The number of hydrogen-bond acceptors (Lipinski definition) is 3. The Hall–Kier alpha value is -2.90. The fraction of sp³-hybridized carbons (Fsp3) is 0. The highest BCUT2D eigenvalue weighted by molar-refractivity contribution is 6.04. The molecule has 8 heteroatoms. The Balaban J connectivity index is 2.29. The smallest absolute Gasteiger partial charge is 0.304 e. The Kier molecular flexibility index (Phi) is 3.88. The summed E-state index contributed by atoms with van der Waals surface area (Å²) in [6.45, 7) is 0. The third-order valence-electron chi connectivity index (χ3n) is 2.61. The molecule has 0 heterocycles. The highest BCUT2D eigenvalue weighted by Crippen LogP contribution is 2.21. The van der Waals surface area contributed by atoms with Gasteiger partial charge in [0.25, 0.3) is 5.91 Å². The molecule has 2 aromatic carbocycles. The van der Waals surface area contributed by atoms with Crippen molar-refractivity contribution in [1.29, 1.82) is 0 Å². The lowest BCUT2D eigenvalue weighted by Crippen LogP contribution is -2.14. The minimum atomic E-state index is -1.22. The summed E-state index contributed by atoms with van der Waals surface area (Å²) >= 11 is 0. The quantitative estimate of drug-likeness (QED) is 0.698. The van der Waals surface area contributed by atoms with E-state index in [-0.39, 0.29) is 5.56 Å². The van der Waals surface area contributed by atoms with Crippen LogP contribution in [0.25, 0.3) is 0 Å². The minimum Gasteiger partial charge on any atom is -0.317 e. The van der Waals surface area contributed by atoms with E-state index < -0.39 is 39.7 Å². The van der Waals surface area contributed by atoms with Crippen LogP contribution in [-0.4, -0.2) is 10.8 Å². The molecule has 0 unspecified atom stereocenters. The zero-order valence-electron chi connectivity index (χ0n) is 10.3.